The van der Waals surface area contributed by atoms with E-state index in [1.54, 1.807) is 0 Å². The van der Waals surface area contributed by atoms with E-state index in [-0.39, 0.29) is 29.4 Å². The van der Waals surface area contributed by atoms with Crippen molar-refractivity contribution in [2.24, 2.45) is 4.99 Å². The molecule has 6 heteroatoms. The van der Waals surface area contributed by atoms with E-state index >= 15 is 0 Å². The van der Waals surface area contributed by atoms with Crippen LogP contribution in [0.2, 0.25) is 0 Å². The minimum absolute atomic E-state index is 0. The predicted octanol–water partition coefficient (Wildman–Crippen LogP) is 2.92. The monoisotopic (exact) mass is 486 g/mol. The molecule has 152 valence electrons. The summed E-state index contributed by atoms with van der Waals surface area (Å²) in [4.78, 5) is 7.42. The molecule has 3 rings (SSSR count). The average Bonchev–Trinajstić information content (AvgIpc) is 3.46. The van der Waals surface area contributed by atoms with Crippen molar-refractivity contribution in [1.82, 2.24) is 15.5 Å². The Morgan fingerprint density at radius 1 is 1.22 bits per heavy atom. The molecule has 5 nitrogen and oxygen atoms in total. The highest BCUT2D eigenvalue weighted by Crippen LogP contribution is 2.49. The number of aryl methyl sites for hydroxylation is 1. The Kier molecular flexibility index (Phi) is 8.82. The van der Waals surface area contributed by atoms with Crippen molar-refractivity contribution >= 4 is 29.9 Å². The molecule has 1 aromatic carbocycles. The first-order valence-corrected chi connectivity index (χ1v) is 10.0. The van der Waals surface area contributed by atoms with E-state index < -0.39 is 0 Å². The smallest absolute Gasteiger partial charge is 0.191 e. The summed E-state index contributed by atoms with van der Waals surface area (Å²) < 4.78 is 5.45. The molecule has 2 aliphatic rings. The van der Waals surface area contributed by atoms with E-state index in [4.69, 9.17) is 9.73 Å². The summed E-state index contributed by atoms with van der Waals surface area (Å²) in [6, 6.07) is 9.25. The molecule has 0 aromatic heterocycles. The third-order valence-corrected chi connectivity index (χ3v) is 5.69. The molecule has 2 N–H and O–H groups in total. The third-order valence-electron chi connectivity index (χ3n) is 5.69. The van der Waals surface area contributed by atoms with Crippen molar-refractivity contribution in [3.05, 3.63) is 35.4 Å². The van der Waals surface area contributed by atoms with Gasteiger partial charge in [0.25, 0.3) is 0 Å². The fraction of sp³-hybridized carbons (Fsp3) is 0.667. The van der Waals surface area contributed by atoms with Gasteiger partial charge < -0.3 is 15.4 Å². The molecule has 0 amide bonds. The Bertz CT molecular complexity index is 612. The summed E-state index contributed by atoms with van der Waals surface area (Å²) in [5, 5.41) is 6.94. The first kappa shape index (κ1) is 22.4. The van der Waals surface area contributed by atoms with Crippen LogP contribution in [0.15, 0.2) is 29.3 Å². The Morgan fingerprint density at radius 3 is 2.56 bits per heavy atom. The lowest BCUT2D eigenvalue weighted by atomic mass is 9.92. The summed E-state index contributed by atoms with van der Waals surface area (Å²) in [5.41, 5.74) is 3.11. The molecule has 0 spiro atoms. The number of rotatable bonds is 7. The molecule has 1 saturated heterocycles. The molecule has 1 aliphatic heterocycles. The second-order valence-corrected chi connectivity index (χ2v) is 7.67. The van der Waals surface area contributed by atoms with Gasteiger partial charge in [-0.15, -0.1) is 24.0 Å². The molecular weight excluding hydrogens is 451 g/mol. The molecule has 1 heterocycles. The van der Waals surface area contributed by atoms with Crippen LogP contribution in [0.3, 0.4) is 0 Å². The van der Waals surface area contributed by atoms with Crippen molar-refractivity contribution in [3.63, 3.8) is 0 Å². The van der Waals surface area contributed by atoms with E-state index in [0.717, 1.165) is 51.9 Å². The molecule has 1 saturated carbocycles. The molecule has 1 aromatic rings. The summed E-state index contributed by atoms with van der Waals surface area (Å²) in [6.45, 7) is 13.0. The molecule has 1 atom stereocenters. The SMILES string of the molecule is CCNC(=NCC1(c2ccccc2C)CC1)NCC(C)N1CCOCC1.I. The lowest BCUT2D eigenvalue weighted by molar-refractivity contribution is 0.0211. The van der Waals surface area contributed by atoms with Gasteiger partial charge in [0, 0.05) is 37.6 Å². The molecule has 1 unspecified atom stereocenters. The van der Waals surface area contributed by atoms with Gasteiger partial charge in [0.15, 0.2) is 5.96 Å². The van der Waals surface area contributed by atoms with Crippen molar-refractivity contribution in [3.8, 4) is 0 Å². The fourth-order valence-corrected chi connectivity index (χ4v) is 3.80. The molecule has 0 radical (unpaired) electrons. The fourth-order valence-electron chi connectivity index (χ4n) is 3.80. The first-order valence-electron chi connectivity index (χ1n) is 10.0. The number of hydrogen-bond acceptors (Lipinski definition) is 3. The van der Waals surface area contributed by atoms with E-state index in [0.29, 0.717) is 6.04 Å². The van der Waals surface area contributed by atoms with Crippen LogP contribution in [0, 0.1) is 6.92 Å². The van der Waals surface area contributed by atoms with Gasteiger partial charge in [0.1, 0.15) is 0 Å². The van der Waals surface area contributed by atoms with E-state index in [1.165, 1.54) is 24.0 Å². The minimum Gasteiger partial charge on any atom is -0.379 e. The number of nitrogens with zero attached hydrogens (tertiary/aromatic N) is 2. The first-order chi connectivity index (χ1) is 12.6. The Balaban J connectivity index is 0.00000261. The van der Waals surface area contributed by atoms with Gasteiger partial charge in [-0.05, 0) is 44.7 Å². The maximum absolute atomic E-state index is 5.45. The van der Waals surface area contributed by atoms with Crippen LogP contribution in [-0.2, 0) is 10.2 Å². The maximum Gasteiger partial charge on any atom is 0.191 e. The summed E-state index contributed by atoms with van der Waals surface area (Å²) in [5.74, 6) is 0.937. The standard InChI is InChI=1S/C21H34N4O.HI/c1-4-22-20(23-15-18(3)25-11-13-26-14-12-25)24-16-21(9-10-21)19-8-6-5-7-17(19)2;/h5-8,18H,4,9-16H2,1-3H3,(H2,22,23,24);1H. The van der Waals surface area contributed by atoms with Crippen LogP contribution in [0.5, 0.6) is 0 Å². The predicted molar refractivity (Wildman–Crippen MR) is 123 cm³/mol. The van der Waals surface area contributed by atoms with Crippen molar-refractivity contribution in [2.75, 3.05) is 45.9 Å². The highest BCUT2D eigenvalue weighted by molar-refractivity contribution is 14.0. The highest BCUT2D eigenvalue weighted by atomic mass is 127. The largest absolute Gasteiger partial charge is 0.379 e. The summed E-state index contributed by atoms with van der Waals surface area (Å²) >= 11 is 0. The van der Waals surface area contributed by atoms with Crippen molar-refractivity contribution < 1.29 is 4.74 Å². The lowest BCUT2D eigenvalue weighted by Gasteiger charge is -2.32. The van der Waals surface area contributed by atoms with Crippen LogP contribution in [-0.4, -0.2) is 62.8 Å². The second kappa shape index (κ2) is 10.6. The zero-order chi connectivity index (χ0) is 18.4. The number of ether oxygens (including phenoxy) is 1. The Labute approximate surface area is 181 Å². The molecular formula is C21H35IN4O. The van der Waals surface area contributed by atoms with Crippen LogP contribution >= 0.6 is 24.0 Å². The number of halogens is 1. The number of aliphatic imine (C=N–C) groups is 1. The van der Waals surface area contributed by atoms with Gasteiger partial charge in [0.2, 0.25) is 0 Å². The maximum atomic E-state index is 5.45. The van der Waals surface area contributed by atoms with Gasteiger partial charge >= 0.3 is 0 Å². The van der Waals surface area contributed by atoms with Gasteiger partial charge in [-0.1, -0.05) is 24.3 Å². The van der Waals surface area contributed by atoms with Crippen LogP contribution in [0.1, 0.15) is 37.8 Å². The topological polar surface area (TPSA) is 48.9 Å². The minimum atomic E-state index is 0. The zero-order valence-electron chi connectivity index (χ0n) is 17.0. The molecule has 2 fully saturated rings. The normalized spacial score (nSPS) is 20.5. The quantitative estimate of drug-likeness (QED) is 0.354. The number of hydrogen-bond donors (Lipinski definition) is 2. The lowest BCUT2D eigenvalue weighted by Crippen LogP contribution is -2.49. The summed E-state index contributed by atoms with van der Waals surface area (Å²) in [7, 11) is 0. The average molecular weight is 486 g/mol. The third kappa shape index (κ3) is 6.06. The highest BCUT2D eigenvalue weighted by Gasteiger charge is 2.44. The van der Waals surface area contributed by atoms with Crippen LogP contribution in [0.4, 0.5) is 0 Å². The van der Waals surface area contributed by atoms with Crippen molar-refractivity contribution in [2.45, 2.75) is 45.1 Å². The van der Waals surface area contributed by atoms with E-state index in [9.17, 15) is 0 Å². The Morgan fingerprint density at radius 2 is 1.93 bits per heavy atom. The van der Waals surface area contributed by atoms with E-state index in [1.807, 2.05) is 0 Å². The van der Waals surface area contributed by atoms with Gasteiger partial charge in [0.05, 0.1) is 19.8 Å². The Hall–Kier alpha value is -0.860. The molecule has 1 aliphatic carbocycles. The number of benzene rings is 1. The van der Waals surface area contributed by atoms with Gasteiger partial charge in [-0.3, -0.25) is 9.89 Å². The number of morpholine rings is 1. The van der Waals surface area contributed by atoms with Crippen LogP contribution < -0.4 is 10.6 Å². The van der Waals surface area contributed by atoms with Gasteiger partial charge in [-0.2, -0.15) is 0 Å². The molecule has 27 heavy (non-hydrogen) atoms. The summed E-state index contributed by atoms with van der Waals surface area (Å²) in [6.07, 6.45) is 2.48. The second-order valence-electron chi connectivity index (χ2n) is 7.67. The van der Waals surface area contributed by atoms with Crippen LogP contribution in [0.25, 0.3) is 0 Å². The van der Waals surface area contributed by atoms with Crippen molar-refractivity contribution in [1.29, 1.82) is 0 Å². The number of nitrogens with one attached hydrogen (secondary N) is 2. The molecule has 0 bridgehead atoms. The number of guanidine groups is 1. The van der Waals surface area contributed by atoms with E-state index in [2.05, 4.69) is 60.6 Å². The van der Waals surface area contributed by atoms with Gasteiger partial charge in [-0.25, -0.2) is 0 Å². The zero-order valence-corrected chi connectivity index (χ0v) is 19.3.